The van der Waals surface area contributed by atoms with Crippen LogP contribution in [0.3, 0.4) is 0 Å². The van der Waals surface area contributed by atoms with E-state index in [-0.39, 0.29) is 12.0 Å². The van der Waals surface area contributed by atoms with E-state index in [1.54, 1.807) is 0 Å². The largest absolute Gasteiger partial charge is 0.275 e. The lowest BCUT2D eigenvalue weighted by atomic mass is 9.91. The lowest BCUT2D eigenvalue weighted by molar-refractivity contribution is 0.687. The predicted octanol–water partition coefficient (Wildman–Crippen LogP) is 2.53. The molecule has 0 N–H and O–H groups in total. The van der Waals surface area contributed by atoms with Gasteiger partial charge in [0, 0.05) is 11.6 Å². The van der Waals surface area contributed by atoms with Crippen molar-refractivity contribution in [3.63, 3.8) is 0 Å². The maximum Gasteiger partial charge on any atom is 0.143 e. The van der Waals surface area contributed by atoms with Gasteiger partial charge in [-0.3, -0.25) is 4.99 Å². The van der Waals surface area contributed by atoms with Crippen molar-refractivity contribution in [2.75, 3.05) is 0 Å². The average Bonchev–Trinajstić information content (AvgIpc) is 2.61. The van der Waals surface area contributed by atoms with Gasteiger partial charge in [0.15, 0.2) is 0 Å². The van der Waals surface area contributed by atoms with E-state index in [9.17, 15) is 0 Å². The van der Waals surface area contributed by atoms with Crippen LogP contribution < -0.4 is 0 Å². The van der Waals surface area contributed by atoms with Gasteiger partial charge >= 0.3 is 0 Å². The summed E-state index contributed by atoms with van der Waals surface area (Å²) in [6, 6.07) is 12.2. The van der Waals surface area contributed by atoms with Crippen LogP contribution in [-0.4, -0.2) is 11.8 Å². The van der Waals surface area contributed by atoms with Crippen LogP contribution >= 0.6 is 0 Å². The van der Waals surface area contributed by atoms with Crippen LogP contribution in [-0.2, 0) is 0 Å². The number of aliphatic imine (C=N–C) groups is 1. The highest BCUT2D eigenvalue weighted by Crippen LogP contribution is 2.30. The van der Waals surface area contributed by atoms with Crippen molar-refractivity contribution in [3.05, 3.63) is 35.9 Å². The monoisotopic (exact) mass is 184 g/mol. The second-order valence-electron chi connectivity index (χ2n) is 3.66. The first kappa shape index (κ1) is 8.96. The van der Waals surface area contributed by atoms with E-state index in [1.807, 2.05) is 25.1 Å². The Morgan fingerprint density at radius 2 is 2.07 bits per heavy atom. The fourth-order valence-electron chi connectivity index (χ4n) is 1.93. The molecule has 0 aliphatic carbocycles. The fraction of sp³-hybridized carbons (Fsp3) is 0.333. The quantitative estimate of drug-likeness (QED) is 0.660. The first-order chi connectivity index (χ1) is 6.81. The minimum atomic E-state index is -0.183. The van der Waals surface area contributed by atoms with Crippen LogP contribution in [0.2, 0.25) is 0 Å². The summed E-state index contributed by atoms with van der Waals surface area (Å²) in [5.41, 5.74) is 2.31. The molecule has 1 aliphatic heterocycles. The molecule has 0 aromatic heterocycles. The van der Waals surface area contributed by atoms with Crippen molar-refractivity contribution < 1.29 is 0 Å². The molecule has 1 heterocycles. The molecule has 70 valence electrons. The smallest absolute Gasteiger partial charge is 0.143 e. The van der Waals surface area contributed by atoms with Crippen LogP contribution in [0.4, 0.5) is 0 Å². The fourth-order valence-corrected chi connectivity index (χ4v) is 1.93. The van der Waals surface area contributed by atoms with Gasteiger partial charge in [-0.15, -0.1) is 0 Å². The van der Waals surface area contributed by atoms with E-state index in [4.69, 9.17) is 5.26 Å². The Morgan fingerprint density at radius 3 is 2.71 bits per heavy atom. The topological polar surface area (TPSA) is 36.1 Å². The van der Waals surface area contributed by atoms with Crippen LogP contribution in [0, 0.1) is 11.3 Å². The lowest BCUT2D eigenvalue weighted by Crippen LogP contribution is -2.09. The zero-order valence-electron chi connectivity index (χ0n) is 8.14. The van der Waals surface area contributed by atoms with E-state index in [1.165, 1.54) is 5.56 Å². The average molecular weight is 184 g/mol. The van der Waals surface area contributed by atoms with Gasteiger partial charge in [-0.25, -0.2) is 0 Å². The third-order valence-corrected chi connectivity index (χ3v) is 2.62. The minimum absolute atomic E-state index is 0.183. The van der Waals surface area contributed by atoms with E-state index >= 15 is 0 Å². The van der Waals surface area contributed by atoms with Crippen LogP contribution in [0.25, 0.3) is 0 Å². The summed E-state index contributed by atoms with van der Waals surface area (Å²) >= 11 is 0. The summed E-state index contributed by atoms with van der Waals surface area (Å²) < 4.78 is 0. The van der Waals surface area contributed by atoms with Gasteiger partial charge in [0.25, 0.3) is 0 Å². The van der Waals surface area contributed by atoms with E-state index in [2.05, 4.69) is 23.2 Å². The van der Waals surface area contributed by atoms with Crippen molar-refractivity contribution in [1.82, 2.24) is 0 Å². The van der Waals surface area contributed by atoms with Gasteiger partial charge in [0.05, 0.1) is 6.07 Å². The van der Waals surface area contributed by atoms with Crippen molar-refractivity contribution in [2.45, 2.75) is 25.3 Å². The lowest BCUT2D eigenvalue weighted by Gasteiger charge is -2.11. The van der Waals surface area contributed by atoms with Crippen molar-refractivity contribution in [3.8, 4) is 6.07 Å². The molecule has 0 amide bonds. The molecule has 0 radical (unpaired) electrons. The van der Waals surface area contributed by atoms with Crippen LogP contribution in [0.1, 0.15) is 24.8 Å². The molecule has 2 nitrogen and oxygen atoms in total. The van der Waals surface area contributed by atoms with Gasteiger partial charge in [-0.2, -0.15) is 5.26 Å². The Morgan fingerprint density at radius 1 is 1.36 bits per heavy atom. The van der Waals surface area contributed by atoms with Gasteiger partial charge < -0.3 is 0 Å². The number of hydrogen-bond acceptors (Lipinski definition) is 2. The first-order valence-corrected chi connectivity index (χ1v) is 4.79. The molecule has 1 aliphatic rings. The zero-order valence-corrected chi connectivity index (χ0v) is 8.14. The van der Waals surface area contributed by atoms with E-state index < -0.39 is 0 Å². The van der Waals surface area contributed by atoms with Crippen LogP contribution in [0.15, 0.2) is 35.3 Å². The molecule has 2 heteroatoms. The summed E-state index contributed by atoms with van der Waals surface area (Å²) in [4.78, 5) is 4.32. The molecule has 0 saturated carbocycles. The normalized spacial score (nSPS) is 25.6. The molecule has 2 rings (SSSR count). The predicted molar refractivity (Wildman–Crippen MR) is 56.3 cm³/mol. The summed E-state index contributed by atoms with van der Waals surface area (Å²) in [5.74, 6) is 0.265. The molecule has 0 spiro atoms. The van der Waals surface area contributed by atoms with E-state index in [0.29, 0.717) is 0 Å². The Labute approximate surface area is 83.9 Å². The summed E-state index contributed by atoms with van der Waals surface area (Å²) in [7, 11) is 0. The summed E-state index contributed by atoms with van der Waals surface area (Å²) in [6.45, 7) is 1.99. The second-order valence-corrected chi connectivity index (χ2v) is 3.66. The molecular weight excluding hydrogens is 172 g/mol. The number of nitrogens with zero attached hydrogens (tertiary/aromatic N) is 2. The molecule has 1 aromatic rings. The van der Waals surface area contributed by atoms with Crippen LogP contribution in [0.5, 0.6) is 0 Å². The molecule has 0 fully saturated rings. The molecule has 0 bridgehead atoms. The Balaban J connectivity index is 2.27. The van der Waals surface area contributed by atoms with Gasteiger partial charge in [-0.05, 0) is 18.9 Å². The highest BCUT2D eigenvalue weighted by molar-refractivity contribution is 5.85. The summed E-state index contributed by atoms with van der Waals surface area (Å²) in [5, 5.41) is 8.96. The SMILES string of the molecule is CC1=N[C@@H](C#N)[C@@H](c2ccccc2)C1. The molecule has 0 saturated heterocycles. The molecular formula is C12H12N2. The Bertz CT molecular complexity index is 387. The number of nitriles is 1. The molecule has 14 heavy (non-hydrogen) atoms. The minimum Gasteiger partial charge on any atom is -0.275 e. The van der Waals surface area contributed by atoms with Crippen molar-refractivity contribution in [1.29, 1.82) is 5.26 Å². The zero-order chi connectivity index (χ0) is 9.97. The number of rotatable bonds is 1. The molecule has 0 unspecified atom stereocenters. The molecule has 2 atom stereocenters. The molecule has 1 aromatic carbocycles. The maximum atomic E-state index is 8.96. The van der Waals surface area contributed by atoms with Gasteiger partial charge in [-0.1, -0.05) is 30.3 Å². The highest BCUT2D eigenvalue weighted by Gasteiger charge is 2.28. The highest BCUT2D eigenvalue weighted by atomic mass is 14.8. The second kappa shape index (κ2) is 3.63. The van der Waals surface area contributed by atoms with E-state index in [0.717, 1.165) is 12.1 Å². The third-order valence-electron chi connectivity index (χ3n) is 2.62. The number of hydrogen-bond donors (Lipinski definition) is 0. The summed E-state index contributed by atoms with van der Waals surface area (Å²) in [6.07, 6.45) is 0.919. The third kappa shape index (κ3) is 1.54. The van der Waals surface area contributed by atoms with Gasteiger partial charge in [0.2, 0.25) is 0 Å². The van der Waals surface area contributed by atoms with Gasteiger partial charge in [0.1, 0.15) is 6.04 Å². The Kier molecular flexibility index (Phi) is 2.32. The first-order valence-electron chi connectivity index (χ1n) is 4.79. The standard InChI is InChI=1S/C12H12N2/c1-9-7-11(12(8-13)14-9)10-5-3-2-4-6-10/h2-6,11-12H,7H2,1H3/t11-,12+/m1/s1. The van der Waals surface area contributed by atoms with Crippen molar-refractivity contribution in [2.24, 2.45) is 4.99 Å². The van der Waals surface area contributed by atoms with Crippen molar-refractivity contribution >= 4 is 5.71 Å². The maximum absolute atomic E-state index is 8.96. The number of benzene rings is 1. The Hall–Kier alpha value is -1.62.